The number of ether oxygens (including phenoxy) is 5. The zero-order valence-corrected chi connectivity index (χ0v) is 45.7. The third-order valence-corrected chi connectivity index (χ3v) is 16.7. The third kappa shape index (κ3) is 13.6. The lowest BCUT2D eigenvalue weighted by Gasteiger charge is -2.38. The molecule has 0 bridgehead atoms. The number of nitrogens with zero attached hydrogens (tertiary/aromatic N) is 8. The summed E-state index contributed by atoms with van der Waals surface area (Å²) in [7, 11) is 1.66. The number of aromatic nitrogens is 2. The Morgan fingerprint density at radius 2 is 1.50 bits per heavy atom. The topological polar surface area (TPSA) is 161 Å². The van der Waals surface area contributed by atoms with E-state index in [1.807, 2.05) is 81.0 Å². The SMILES string of the molecule is Cc1nn(C)c(COc2ccc(N3CCN(S(=O)(=O)N(C)C)CC3)cc2)c1C1=CC=CC2C(CCCOc3cccc4ccccc34)C(C(=O)OC(C)(C)C)N(CCN3CCN(CCOCCOCCN)CC3)C12. The highest BCUT2D eigenvalue weighted by atomic mass is 32.2. The number of hydrogen-bond acceptors (Lipinski definition) is 14. The number of carbonyl (C=O) groups is 1. The van der Waals surface area contributed by atoms with Gasteiger partial charge in [-0.05, 0) is 87.7 Å². The van der Waals surface area contributed by atoms with E-state index in [1.165, 1.54) is 8.61 Å². The summed E-state index contributed by atoms with van der Waals surface area (Å²) in [4.78, 5) is 24.6. The van der Waals surface area contributed by atoms with Gasteiger partial charge in [-0.25, -0.2) is 0 Å². The molecule has 3 fully saturated rings. The highest BCUT2D eigenvalue weighted by Gasteiger charge is 2.54. The van der Waals surface area contributed by atoms with E-state index in [2.05, 4.69) is 63.0 Å². The highest BCUT2D eigenvalue weighted by molar-refractivity contribution is 7.86. The molecule has 3 aliphatic heterocycles. The van der Waals surface area contributed by atoms with Crippen LogP contribution in [0.3, 0.4) is 0 Å². The molecule has 74 heavy (non-hydrogen) atoms. The van der Waals surface area contributed by atoms with Gasteiger partial charge in [0, 0.05) is 128 Å². The fraction of sp³-hybridized carbons (Fsp3) is 0.571. The molecule has 4 aliphatic rings. The molecule has 3 saturated heterocycles. The second-order valence-corrected chi connectivity index (χ2v) is 23.2. The summed E-state index contributed by atoms with van der Waals surface area (Å²) in [6, 6.07) is 21.9. The lowest BCUT2D eigenvalue weighted by Crippen LogP contribution is -2.52. The van der Waals surface area contributed by atoms with Crippen molar-refractivity contribution in [3.63, 3.8) is 0 Å². The summed E-state index contributed by atoms with van der Waals surface area (Å²) >= 11 is 0. The molecule has 1 aliphatic carbocycles. The fourth-order valence-corrected chi connectivity index (χ4v) is 12.2. The molecule has 404 valence electrons. The number of esters is 1. The van der Waals surface area contributed by atoms with Crippen LogP contribution in [0, 0.1) is 18.8 Å². The van der Waals surface area contributed by atoms with Gasteiger partial charge in [-0.3, -0.25) is 24.2 Å². The van der Waals surface area contributed by atoms with Crippen LogP contribution >= 0.6 is 0 Å². The van der Waals surface area contributed by atoms with E-state index in [0.717, 1.165) is 103 Å². The number of likely N-dealkylation sites (tertiary alicyclic amines) is 1. The van der Waals surface area contributed by atoms with Crippen molar-refractivity contribution in [2.24, 2.45) is 24.6 Å². The third-order valence-electron chi connectivity index (χ3n) is 14.8. The molecule has 0 amide bonds. The number of rotatable bonds is 24. The predicted molar refractivity (Wildman–Crippen MR) is 292 cm³/mol. The number of allylic oxidation sites excluding steroid dienone is 2. The average molecular weight is 1040 g/mol. The first-order valence-corrected chi connectivity index (χ1v) is 28.0. The lowest BCUT2D eigenvalue weighted by atomic mass is 9.77. The number of hydrogen-bond donors (Lipinski definition) is 1. The predicted octanol–water partition coefficient (Wildman–Crippen LogP) is 5.44. The highest BCUT2D eigenvalue weighted by Crippen LogP contribution is 2.48. The van der Waals surface area contributed by atoms with Crippen molar-refractivity contribution in [2.45, 2.75) is 64.8 Å². The smallest absolute Gasteiger partial charge is 0.324 e. The first-order valence-electron chi connectivity index (χ1n) is 26.6. The van der Waals surface area contributed by atoms with Crippen LogP contribution in [-0.4, -0.2) is 191 Å². The maximum atomic E-state index is 14.9. The Bertz CT molecular complexity index is 2630. The maximum Gasteiger partial charge on any atom is 0.324 e. The molecule has 4 unspecified atom stereocenters. The summed E-state index contributed by atoms with van der Waals surface area (Å²) in [6.45, 7) is 19.8. The van der Waals surface area contributed by atoms with Gasteiger partial charge in [0.2, 0.25) is 0 Å². The molecular weight excluding hydrogens is 959 g/mol. The second kappa shape index (κ2) is 25.3. The van der Waals surface area contributed by atoms with Gasteiger partial charge in [0.15, 0.2) is 0 Å². The van der Waals surface area contributed by atoms with Crippen LogP contribution < -0.4 is 20.1 Å². The molecule has 1 aromatic heterocycles. The van der Waals surface area contributed by atoms with E-state index in [1.54, 1.807) is 14.1 Å². The molecule has 4 heterocycles. The number of benzene rings is 3. The zero-order chi connectivity index (χ0) is 52.4. The molecule has 4 atom stereocenters. The van der Waals surface area contributed by atoms with Crippen molar-refractivity contribution in [1.82, 2.24) is 33.1 Å². The zero-order valence-electron chi connectivity index (χ0n) is 44.9. The number of anilines is 1. The van der Waals surface area contributed by atoms with Crippen LogP contribution in [0.25, 0.3) is 16.3 Å². The maximum absolute atomic E-state index is 14.9. The average Bonchev–Trinajstić information content (AvgIpc) is 3.87. The van der Waals surface area contributed by atoms with E-state index in [9.17, 15) is 13.2 Å². The Morgan fingerprint density at radius 3 is 2.20 bits per heavy atom. The van der Waals surface area contributed by atoms with Gasteiger partial charge in [-0.1, -0.05) is 54.6 Å². The van der Waals surface area contributed by atoms with Crippen LogP contribution in [0.2, 0.25) is 0 Å². The standard InChI is InChI=1S/C56H81N9O8S/c1-42-52(50(60(7)58-42)41-72-45-22-20-44(21-23-45)63-30-32-64(33-31-63)74(67,68)59(5)6)49-17-11-16-47-48(18-12-36-71-51-19-10-14-43-13-8-9-15-46(43)51)54(55(66)73-56(2,3)4)65(53(47)49)34-29-61-25-27-62(28-26-61)35-38-70-40-39-69-37-24-57/h8-11,13-17,19-23,47-48,53-54H,12,18,24-41,57H2,1-7H3. The molecule has 18 heteroatoms. The minimum Gasteiger partial charge on any atom is -0.493 e. The number of fused-ring (bicyclic) bond motifs is 2. The summed E-state index contributed by atoms with van der Waals surface area (Å²) in [6.07, 6.45) is 8.25. The molecular formula is C56H81N9O8S. The molecule has 3 aromatic carbocycles. The molecule has 17 nitrogen and oxygen atoms in total. The molecule has 0 saturated carbocycles. The first-order chi connectivity index (χ1) is 35.6. The minimum absolute atomic E-state index is 0.0217. The van der Waals surface area contributed by atoms with E-state index < -0.39 is 21.9 Å². The second-order valence-electron chi connectivity index (χ2n) is 21.1. The van der Waals surface area contributed by atoms with E-state index in [-0.39, 0.29) is 30.5 Å². The van der Waals surface area contributed by atoms with Gasteiger partial charge in [0.05, 0.1) is 44.4 Å². The van der Waals surface area contributed by atoms with Crippen LogP contribution in [0.15, 0.2) is 85.0 Å². The van der Waals surface area contributed by atoms with E-state index >= 15 is 0 Å². The van der Waals surface area contributed by atoms with Crippen LogP contribution in [-0.2, 0) is 42.9 Å². The van der Waals surface area contributed by atoms with Crippen molar-refractivity contribution in [1.29, 1.82) is 0 Å². The Kier molecular flexibility index (Phi) is 18.9. The molecule has 2 N–H and O–H groups in total. The Balaban J connectivity index is 1.01. The monoisotopic (exact) mass is 1040 g/mol. The van der Waals surface area contributed by atoms with Gasteiger partial charge in [-0.15, -0.1) is 0 Å². The van der Waals surface area contributed by atoms with Crippen LogP contribution in [0.1, 0.15) is 50.6 Å². The van der Waals surface area contributed by atoms with Crippen molar-refractivity contribution < 1.29 is 36.9 Å². The van der Waals surface area contributed by atoms with Gasteiger partial charge >= 0.3 is 5.97 Å². The van der Waals surface area contributed by atoms with Crippen molar-refractivity contribution in [3.05, 3.63) is 102 Å². The number of carbonyl (C=O) groups excluding carboxylic acids is 1. The van der Waals surface area contributed by atoms with Crippen molar-refractivity contribution in [3.8, 4) is 11.5 Å². The number of piperazine rings is 2. The fourth-order valence-electron chi connectivity index (χ4n) is 11.1. The summed E-state index contributed by atoms with van der Waals surface area (Å²) in [5, 5.41) is 7.24. The van der Waals surface area contributed by atoms with E-state index in [0.29, 0.717) is 72.3 Å². The molecule has 0 radical (unpaired) electrons. The summed E-state index contributed by atoms with van der Waals surface area (Å²) < 4.78 is 61.0. The van der Waals surface area contributed by atoms with Gasteiger partial charge < -0.3 is 34.3 Å². The van der Waals surface area contributed by atoms with Gasteiger partial charge in [0.1, 0.15) is 29.7 Å². The van der Waals surface area contributed by atoms with Crippen LogP contribution in [0.5, 0.6) is 11.5 Å². The van der Waals surface area contributed by atoms with Crippen molar-refractivity contribution >= 4 is 38.2 Å². The minimum atomic E-state index is -3.45. The van der Waals surface area contributed by atoms with Gasteiger partial charge in [-0.2, -0.15) is 22.1 Å². The molecule has 0 spiro atoms. The summed E-state index contributed by atoms with van der Waals surface area (Å²) in [5.74, 6) is 1.38. The number of nitrogens with two attached hydrogens (primary N) is 1. The molecule has 4 aromatic rings. The van der Waals surface area contributed by atoms with Crippen LogP contribution in [0.4, 0.5) is 5.69 Å². The molecule has 8 rings (SSSR count). The largest absolute Gasteiger partial charge is 0.493 e. The quantitative estimate of drug-likeness (QED) is 0.0699. The van der Waals surface area contributed by atoms with E-state index in [4.69, 9.17) is 34.5 Å². The normalized spacial score (nSPS) is 21.4. The Labute approximate surface area is 439 Å². The number of aryl methyl sites for hydroxylation is 2. The first kappa shape index (κ1) is 55.3. The Morgan fingerprint density at radius 1 is 0.811 bits per heavy atom. The summed E-state index contributed by atoms with van der Waals surface area (Å²) in [5.41, 5.74) is 9.92. The Hall–Kier alpha value is -4.89. The van der Waals surface area contributed by atoms with Crippen molar-refractivity contribution in [2.75, 3.05) is 131 Å². The lowest BCUT2D eigenvalue weighted by molar-refractivity contribution is -0.162. The van der Waals surface area contributed by atoms with Gasteiger partial charge in [0.25, 0.3) is 10.2 Å².